The van der Waals surface area contributed by atoms with Gasteiger partial charge in [0.25, 0.3) is 0 Å². The minimum atomic E-state index is -0.157. The van der Waals surface area contributed by atoms with Crippen LogP contribution in [0.4, 0.5) is 0 Å². The molecule has 4 heterocycles. The smallest absolute Gasteiger partial charge is 0.221 e. The van der Waals surface area contributed by atoms with E-state index in [0.717, 1.165) is 28.3 Å². The van der Waals surface area contributed by atoms with E-state index in [-0.39, 0.29) is 17.7 Å². The molecule has 6 heteroatoms. The van der Waals surface area contributed by atoms with Crippen molar-refractivity contribution in [1.82, 2.24) is 19.7 Å². The lowest BCUT2D eigenvalue weighted by Gasteiger charge is -2.12. The molecule has 1 atom stereocenters. The van der Waals surface area contributed by atoms with Crippen molar-refractivity contribution in [2.75, 3.05) is 0 Å². The van der Waals surface area contributed by atoms with Gasteiger partial charge >= 0.3 is 0 Å². The van der Waals surface area contributed by atoms with Crippen LogP contribution in [0, 0.1) is 6.92 Å². The first-order chi connectivity index (χ1) is 11.5. The number of hydrogen-bond acceptors (Lipinski definition) is 4. The molecule has 4 rings (SSSR count). The number of imidazole rings is 1. The number of hydrogen-bond donors (Lipinski definition) is 1. The Kier molecular flexibility index (Phi) is 3.40. The van der Waals surface area contributed by atoms with E-state index in [1.807, 2.05) is 32.9 Å². The molecule has 0 saturated carbocycles. The highest BCUT2D eigenvalue weighted by atomic mass is 16.3. The van der Waals surface area contributed by atoms with Gasteiger partial charge in [-0.1, -0.05) is 19.9 Å². The maximum atomic E-state index is 12.2. The van der Waals surface area contributed by atoms with E-state index in [0.29, 0.717) is 18.9 Å². The van der Waals surface area contributed by atoms with Crippen LogP contribution in [0.1, 0.15) is 60.6 Å². The van der Waals surface area contributed by atoms with Crippen LogP contribution in [0.15, 0.2) is 29.0 Å². The molecule has 1 amide bonds. The lowest BCUT2D eigenvalue weighted by molar-refractivity contribution is -0.121. The van der Waals surface area contributed by atoms with Crippen LogP contribution in [0.5, 0.6) is 0 Å². The normalized spacial score (nSPS) is 17.8. The Hall–Kier alpha value is -2.63. The van der Waals surface area contributed by atoms with Crippen molar-refractivity contribution in [1.29, 1.82) is 0 Å². The largest absolute Gasteiger partial charge is 0.448 e. The molecule has 6 nitrogen and oxygen atoms in total. The molecule has 0 bridgehead atoms. The molecule has 1 aliphatic heterocycles. The predicted octanol–water partition coefficient (Wildman–Crippen LogP) is 2.91. The lowest BCUT2D eigenvalue weighted by atomic mass is 9.97. The number of carbonyl (C=O) groups is 1. The molecule has 0 spiro atoms. The van der Waals surface area contributed by atoms with E-state index in [9.17, 15) is 4.79 Å². The first kappa shape index (κ1) is 14.9. The molecule has 0 aliphatic carbocycles. The quantitative estimate of drug-likeness (QED) is 0.787. The molecule has 3 aromatic heterocycles. The molecule has 1 unspecified atom stereocenters. The van der Waals surface area contributed by atoms with Crippen molar-refractivity contribution in [2.45, 2.75) is 45.6 Å². The van der Waals surface area contributed by atoms with Crippen LogP contribution in [0.25, 0.3) is 5.65 Å². The minimum absolute atomic E-state index is 0.00787. The Morgan fingerprint density at radius 1 is 1.33 bits per heavy atom. The summed E-state index contributed by atoms with van der Waals surface area (Å²) < 4.78 is 7.69. The van der Waals surface area contributed by atoms with Crippen molar-refractivity contribution in [2.24, 2.45) is 0 Å². The van der Waals surface area contributed by atoms with Crippen LogP contribution >= 0.6 is 0 Å². The SMILES string of the molecule is Cc1ccc2nc3c(n2c1)C(c1coc(C(C)C)n1)CC(=O)NC3. The number of nitrogens with one attached hydrogen (secondary N) is 1. The number of nitrogens with zero attached hydrogens (tertiary/aromatic N) is 3. The summed E-state index contributed by atoms with van der Waals surface area (Å²) in [7, 11) is 0. The topological polar surface area (TPSA) is 72.4 Å². The van der Waals surface area contributed by atoms with Crippen LogP contribution in [0.2, 0.25) is 0 Å². The number of aromatic nitrogens is 3. The summed E-state index contributed by atoms with van der Waals surface area (Å²) in [5.41, 5.74) is 4.74. The van der Waals surface area contributed by atoms with Gasteiger partial charge in [-0.25, -0.2) is 9.97 Å². The monoisotopic (exact) mass is 324 g/mol. The van der Waals surface area contributed by atoms with Gasteiger partial charge in [0.1, 0.15) is 11.9 Å². The van der Waals surface area contributed by atoms with Crippen LogP contribution in [-0.4, -0.2) is 20.3 Å². The number of rotatable bonds is 2. The van der Waals surface area contributed by atoms with Crippen LogP contribution in [0.3, 0.4) is 0 Å². The number of pyridine rings is 1. The van der Waals surface area contributed by atoms with Gasteiger partial charge in [-0.2, -0.15) is 0 Å². The second-order valence-electron chi connectivity index (χ2n) is 6.68. The lowest BCUT2D eigenvalue weighted by Crippen LogP contribution is -2.21. The van der Waals surface area contributed by atoms with Gasteiger partial charge in [0.05, 0.1) is 29.5 Å². The summed E-state index contributed by atoms with van der Waals surface area (Å²) in [5, 5.41) is 2.93. The van der Waals surface area contributed by atoms with E-state index in [1.54, 1.807) is 6.26 Å². The number of amides is 1. The molecule has 24 heavy (non-hydrogen) atoms. The third kappa shape index (κ3) is 2.38. The average Bonchev–Trinajstić information content (AvgIpc) is 3.12. The highest BCUT2D eigenvalue weighted by Crippen LogP contribution is 2.33. The summed E-state index contributed by atoms with van der Waals surface area (Å²) in [5.74, 6) is 0.757. The summed E-state index contributed by atoms with van der Waals surface area (Å²) >= 11 is 0. The zero-order chi connectivity index (χ0) is 16.8. The summed E-state index contributed by atoms with van der Waals surface area (Å²) in [4.78, 5) is 21.5. The zero-order valence-electron chi connectivity index (χ0n) is 14.0. The maximum Gasteiger partial charge on any atom is 0.221 e. The second kappa shape index (κ2) is 5.47. The Balaban J connectivity index is 1.91. The fourth-order valence-electron chi connectivity index (χ4n) is 3.22. The fourth-order valence-corrected chi connectivity index (χ4v) is 3.22. The van der Waals surface area contributed by atoms with Crippen molar-refractivity contribution in [3.05, 3.63) is 53.1 Å². The minimum Gasteiger partial charge on any atom is -0.448 e. The number of fused-ring (bicyclic) bond motifs is 3. The summed E-state index contributed by atoms with van der Waals surface area (Å²) in [6.45, 7) is 6.57. The fraction of sp³-hybridized carbons (Fsp3) is 0.389. The highest BCUT2D eigenvalue weighted by Gasteiger charge is 2.31. The Labute approximate surface area is 139 Å². The third-order valence-electron chi connectivity index (χ3n) is 4.44. The van der Waals surface area contributed by atoms with E-state index < -0.39 is 0 Å². The predicted molar refractivity (Wildman–Crippen MR) is 88.8 cm³/mol. The van der Waals surface area contributed by atoms with Crippen molar-refractivity contribution < 1.29 is 9.21 Å². The number of oxazole rings is 1. The Bertz CT molecular complexity index is 922. The van der Waals surface area contributed by atoms with Gasteiger partial charge in [0.2, 0.25) is 5.91 Å². The van der Waals surface area contributed by atoms with Crippen molar-refractivity contribution >= 4 is 11.6 Å². The molecule has 3 aromatic rings. The molecule has 1 aliphatic rings. The van der Waals surface area contributed by atoms with Gasteiger partial charge in [-0.15, -0.1) is 0 Å². The first-order valence-electron chi connectivity index (χ1n) is 8.22. The Morgan fingerprint density at radius 2 is 2.17 bits per heavy atom. The molecule has 0 aromatic carbocycles. The van der Waals surface area contributed by atoms with E-state index >= 15 is 0 Å². The van der Waals surface area contributed by atoms with Gasteiger partial charge in [0, 0.05) is 18.5 Å². The molecule has 0 radical (unpaired) electrons. The zero-order valence-corrected chi connectivity index (χ0v) is 14.0. The molecule has 124 valence electrons. The Morgan fingerprint density at radius 3 is 2.92 bits per heavy atom. The van der Waals surface area contributed by atoms with E-state index in [2.05, 4.69) is 20.9 Å². The van der Waals surface area contributed by atoms with Gasteiger partial charge in [-0.05, 0) is 18.6 Å². The van der Waals surface area contributed by atoms with Gasteiger partial charge in [-0.3, -0.25) is 4.79 Å². The van der Waals surface area contributed by atoms with Gasteiger partial charge < -0.3 is 14.1 Å². The maximum absolute atomic E-state index is 12.2. The van der Waals surface area contributed by atoms with Gasteiger partial charge in [0.15, 0.2) is 5.89 Å². The average molecular weight is 324 g/mol. The second-order valence-corrected chi connectivity index (χ2v) is 6.68. The number of carbonyl (C=O) groups excluding carboxylic acids is 1. The molecule has 0 fully saturated rings. The van der Waals surface area contributed by atoms with Crippen molar-refractivity contribution in [3.63, 3.8) is 0 Å². The van der Waals surface area contributed by atoms with Crippen LogP contribution < -0.4 is 5.32 Å². The standard InChI is InChI=1S/C18H20N4O2/c1-10(2)18-21-14(9-24-18)12-6-16(23)19-7-13-17(12)22-8-11(3)4-5-15(22)20-13/h4-5,8-10,12H,6-7H2,1-3H3,(H,19,23). The first-order valence-corrected chi connectivity index (χ1v) is 8.22. The highest BCUT2D eigenvalue weighted by molar-refractivity contribution is 5.78. The number of aryl methyl sites for hydroxylation is 1. The summed E-state index contributed by atoms with van der Waals surface area (Å²) in [6.07, 6.45) is 4.09. The summed E-state index contributed by atoms with van der Waals surface area (Å²) in [6, 6.07) is 4.05. The van der Waals surface area contributed by atoms with Crippen molar-refractivity contribution in [3.8, 4) is 0 Å². The molecule has 1 N–H and O–H groups in total. The third-order valence-corrected chi connectivity index (χ3v) is 4.44. The van der Waals surface area contributed by atoms with E-state index in [4.69, 9.17) is 9.40 Å². The molecular formula is C18H20N4O2. The van der Waals surface area contributed by atoms with E-state index in [1.165, 1.54) is 0 Å². The van der Waals surface area contributed by atoms with Crippen LogP contribution in [-0.2, 0) is 11.3 Å². The molecular weight excluding hydrogens is 304 g/mol. The molecule has 0 saturated heterocycles.